The van der Waals surface area contributed by atoms with Gasteiger partial charge in [-0.05, 0) is 55.8 Å². The highest BCUT2D eigenvalue weighted by molar-refractivity contribution is 5.92. The van der Waals surface area contributed by atoms with Crippen molar-refractivity contribution in [3.63, 3.8) is 0 Å². The second kappa shape index (κ2) is 7.91. The topological polar surface area (TPSA) is 56.2 Å². The van der Waals surface area contributed by atoms with Gasteiger partial charge in [0.25, 0.3) is 0 Å². The molecule has 0 aliphatic carbocycles. The molecule has 0 spiro atoms. The zero-order valence-electron chi connectivity index (χ0n) is 16.4. The summed E-state index contributed by atoms with van der Waals surface area (Å²) in [7, 11) is 0. The zero-order valence-corrected chi connectivity index (χ0v) is 16.4. The third-order valence-corrected chi connectivity index (χ3v) is 5.04. The number of carbonyl (C=O) groups is 1. The van der Waals surface area contributed by atoms with E-state index in [4.69, 9.17) is 4.74 Å². The van der Waals surface area contributed by atoms with E-state index in [2.05, 4.69) is 10.4 Å². The van der Waals surface area contributed by atoms with Gasteiger partial charge in [-0.15, -0.1) is 0 Å². The number of nitrogens with zero attached hydrogens (tertiary/aromatic N) is 2. The van der Waals surface area contributed by atoms with Crippen LogP contribution in [0.3, 0.4) is 0 Å². The first-order valence-corrected chi connectivity index (χ1v) is 9.54. The van der Waals surface area contributed by atoms with E-state index in [1.54, 1.807) is 22.9 Å². The molecule has 0 bridgehead atoms. The quantitative estimate of drug-likeness (QED) is 0.674. The number of para-hydroxylation sites is 1. The fraction of sp³-hybridized carbons (Fsp3) is 0.217. The number of aromatic nitrogens is 2. The van der Waals surface area contributed by atoms with Gasteiger partial charge in [0.15, 0.2) is 0 Å². The Morgan fingerprint density at radius 3 is 2.76 bits per heavy atom. The number of rotatable bonds is 5. The van der Waals surface area contributed by atoms with Crippen LogP contribution in [0.25, 0.3) is 11.8 Å². The smallest absolute Gasteiger partial charge is 0.244 e. The molecule has 5 nitrogen and oxygen atoms in total. The van der Waals surface area contributed by atoms with Gasteiger partial charge in [-0.2, -0.15) is 5.10 Å². The Bertz CT molecular complexity index is 1050. The molecule has 148 valence electrons. The summed E-state index contributed by atoms with van der Waals surface area (Å²) in [4.78, 5) is 12.3. The zero-order chi connectivity index (χ0) is 20.4. The maximum Gasteiger partial charge on any atom is 0.244 e. The van der Waals surface area contributed by atoms with Gasteiger partial charge in [-0.25, -0.2) is 9.07 Å². The molecule has 1 aromatic heterocycles. The lowest BCUT2D eigenvalue weighted by molar-refractivity contribution is -0.116. The summed E-state index contributed by atoms with van der Waals surface area (Å²) in [6, 6.07) is 14.1. The number of ether oxygens (including phenoxy) is 1. The number of nitrogens with one attached hydrogen (secondary N) is 1. The van der Waals surface area contributed by atoms with Gasteiger partial charge in [0.2, 0.25) is 5.91 Å². The molecule has 2 aromatic carbocycles. The highest BCUT2D eigenvalue weighted by Gasteiger charge is 2.22. The van der Waals surface area contributed by atoms with E-state index in [9.17, 15) is 9.18 Å². The Morgan fingerprint density at radius 2 is 2.00 bits per heavy atom. The first-order valence-electron chi connectivity index (χ1n) is 9.54. The Balaban J connectivity index is 1.39. The molecule has 1 unspecified atom stereocenters. The monoisotopic (exact) mass is 391 g/mol. The average Bonchev–Trinajstić information content (AvgIpc) is 3.26. The molecular weight excluding hydrogens is 369 g/mol. The van der Waals surface area contributed by atoms with E-state index in [-0.39, 0.29) is 17.8 Å². The van der Waals surface area contributed by atoms with Crippen LogP contribution in [0.15, 0.2) is 54.6 Å². The van der Waals surface area contributed by atoms with Crippen molar-refractivity contribution >= 4 is 12.0 Å². The van der Waals surface area contributed by atoms with E-state index >= 15 is 0 Å². The maximum atomic E-state index is 13.2. The third kappa shape index (κ3) is 4.06. The highest BCUT2D eigenvalue weighted by Crippen LogP contribution is 2.27. The third-order valence-electron chi connectivity index (χ3n) is 5.04. The van der Waals surface area contributed by atoms with E-state index < -0.39 is 0 Å². The second-order valence-corrected chi connectivity index (χ2v) is 7.10. The molecule has 1 N–H and O–H groups in total. The molecule has 1 atom stereocenters. The second-order valence-electron chi connectivity index (χ2n) is 7.10. The van der Waals surface area contributed by atoms with E-state index in [1.807, 2.05) is 38.1 Å². The molecule has 0 radical (unpaired) electrons. The Hall–Kier alpha value is -3.41. The molecule has 1 aliphatic heterocycles. The van der Waals surface area contributed by atoms with Gasteiger partial charge in [0.05, 0.1) is 17.9 Å². The number of benzene rings is 2. The summed E-state index contributed by atoms with van der Waals surface area (Å²) in [6.45, 7) is 4.25. The van der Waals surface area contributed by atoms with Crippen LogP contribution in [-0.4, -0.2) is 28.3 Å². The van der Waals surface area contributed by atoms with Crippen LogP contribution >= 0.6 is 0 Å². The lowest BCUT2D eigenvalue weighted by Gasteiger charge is -2.10. The number of carbonyl (C=O) groups excluding carboxylic acids is 1. The Labute approximate surface area is 168 Å². The molecule has 0 saturated carbocycles. The van der Waals surface area contributed by atoms with Crippen molar-refractivity contribution in [2.75, 3.05) is 6.54 Å². The largest absolute Gasteiger partial charge is 0.488 e. The summed E-state index contributed by atoms with van der Waals surface area (Å²) in [5, 5.41) is 7.40. The number of fused-ring (bicyclic) bond motifs is 1. The van der Waals surface area contributed by atoms with E-state index in [0.717, 1.165) is 34.8 Å². The van der Waals surface area contributed by atoms with E-state index in [0.29, 0.717) is 6.54 Å². The standard InChI is InChI=1S/C23H22FN3O2/c1-15-21(16(2)27(26-15)19-9-7-18(24)8-10-19)11-12-23(28)25-14-20-13-17-5-3-4-6-22(17)29-20/h3-12,20H,13-14H2,1-2H3,(H,25,28). The summed E-state index contributed by atoms with van der Waals surface area (Å²) in [5.41, 5.74) is 4.49. The van der Waals surface area contributed by atoms with Crippen molar-refractivity contribution in [1.29, 1.82) is 0 Å². The van der Waals surface area contributed by atoms with Crippen LogP contribution in [0.2, 0.25) is 0 Å². The minimum Gasteiger partial charge on any atom is -0.488 e. The Kier molecular flexibility index (Phi) is 5.16. The van der Waals surface area contributed by atoms with Crippen molar-refractivity contribution in [3.8, 4) is 11.4 Å². The van der Waals surface area contributed by atoms with Crippen molar-refractivity contribution < 1.29 is 13.9 Å². The van der Waals surface area contributed by atoms with Gasteiger partial charge in [0.1, 0.15) is 17.7 Å². The number of aryl methyl sites for hydroxylation is 1. The summed E-state index contributed by atoms with van der Waals surface area (Å²) < 4.78 is 20.8. The minimum absolute atomic E-state index is 0.0468. The van der Waals surface area contributed by atoms with Gasteiger partial charge in [0, 0.05) is 23.8 Å². The molecule has 1 aliphatic rings. The van der Waals surface area contributed by atoms with Gasteiger partial charge in [-0.1, -0.05) is 18.2 Å². The first-order chi connectivity index (χ1) is 14.0. The fourth-order valence-corrected chi connectivity index (χ4v) is 3.53. The minimum atomic E-state index is -0.290. The molecule has 29 heavy (non-hydrogen) atoms. The van der Waals surface area contributed by atoms with Crippen LogP contribution in [0.1, 0.15) is 22.5 Å². The molecular formula is C23H22FN3O2. The normalized spacial score (nSPS) is 15.3. The average molecular weight is 391 g/mol. The van der Waals surface area contributed by atoms with Crippen molar-refractivity contribution in [2.24, 2.45) is 0 Å². The number of hydrogen-bond donors (Lipinski definition) is 1. The predicted octanol–water partition coefficient (Wildman–Crippen LogP) is 3.76. The summed E-state index contributed by atoms with van der Waals surface area (Å²) in [5.74, 6) is 0.418. The maximum absolute atomic E-state index is 13.2. The summed E-state index contributed by atoms with van der Waals surface area (Å²) in [6.07, 6.45) is 4.02. The molecule has 0 saturated heterocycles. The lowest BCUT2D eigenvalue weighted by atomic mass is 10.1. The van der Waals surface area contributed by atoms with Crippen molar-refractivity contribution in [2.45, 2.75) is 26.4 Å². The van der Waals surface area contributed by atoms with Gasteiger partial charge in [-0.3, -0.25) is 4.79 Å². The SMILES string of the molecule is Cc1nn(-c2ccc(F)cc2)c(C)c1C=CC(=O)NCC1Cc2ccccc2O1. The van der Waals surface area contributed by atoms with E-state index in [1.165, 1.54) is 23.8 Å². The van der Waals surface area contributed by atoms with Crippen LogP contribution in [0.4, 0.5) is 4.39 Å². The molecule has 2 heterocycles. The molecule has 0 fully saturated rings. The van der Waals surface area contributed by atoms with Crippen LogP contribution in [0.5, 0.6) is 5.75 Å². The molecule has 3 aromatic rings. The summed E-state index contributed by atoms with van der Waals surface area (Å²) >= 11 is 0. The van der Waals surface area contributed by atoms with Crippen molar-refractivity contribution in [3.05, 3.63) is 82.9 Å². The number of amides is 1. The fourth-order valence-electron chi connectivity index (χ4n) is 3.53. The van der Waals surface area contributed by atoms with Gasteiger partial charge >= 0.3 is 0 Å². The number of hydrogen-bond acceptors (Lipinski definition) is 3. The van der Waals surface area contributed by atoms with Gasteiger partial charge < -0.3 is 10.1 Å². The first kappa shape index (κ1) is 18.9. The molecule has 6 heteroatoms. The Morgan fingerprint density at radius 1 is 1.24 bits per heavy atom. The van der Waals surface area contributed by atoms with Crippen LogP contribution in [-0.2, 0) is 11.2 Å². The molecule has 4 rings (SSSR count). The predicted molar refractivity (Wildman–Crippen MR) is 110 cm³/mol. The van der Waals surface area contributed by atoms with Crippen LogP contribution in [0, 0.1) is 19.7 Å². The lowest BCUT2D eigenvalue weighted by Crippen LogP contribution is -2.33. The molecule has 1 amide bonds. The highest BCUT2D eigenvalue weighted by atomic mass is 19.1. The van der Waals surface area contributed by atoms with Crippen LogP contribution < -0.4 is 10.1 Å². The van der Waals surface area contributed by atoms with Crippen molar-refractivity contribution in [1.82, 2.24) is 15.1 Å². The number of halogens is 1.